The number of aryl methyl sites for hydroxylation is 1. The van der Waals surface area contributed by atoms with E-state index < -0.39 is 0 Å². The predicted octanol–water partition coefficient (Wildman–Crippen LogP) is 0.768. The molecule has 2 rings (SSSR count). The van der Waals surface area contributed by atoms with Crippen molar-refractivity contribution in [2.75, 3.05) is 0 Å². The summed E-state index contributed by atoms with van der Waals surface area (Å²) < 4.78 is 1.64. The van der Waals surface area contributed by atoms with E-state index in [-0.39, 0.29) is 0 Å². The number of pyridine rings is 1. The highest BCUT2D eigenvalue weighted by molar-refractivity contribution is 5.72. The maximum Gasteiger partial charge on any atom is 0.181 e. The van der Waals surface area contributed by atoms with Crippen LogP contribution in [-0.2, 0) is 7.05 Å². The minimum atomic E-state index is 0.755. The van der Waals surface area contributed by atoms with Gasteiger partial charge in [-0.15, -0.1) is 0 Å². The molecule has 0 aliphatic rings. The number of rotatable bonds is 0. The van der Waals surface area contributed by atoms with E-state index in [0.29, 0.717) is 0 Å². The fourth-order valence-corrected chi connectivity index (χ4v) is 0.905. The van der Waals surface area contributed by atoms with Crippen LogP contribution in [-0.4, -0.2) is 14.8 Å². The molecule has 3 heteroatoms. The molecular weight excluding hydrogens is 126 g/mol. The van der Waals surface area contributed by atoms with Crippen molar-refractivity contribution in [3.05, 3.63) is 24.5 Å². The van der Waals surface area contributed by atoms with Crippen LogP contribution < -0.4 is 0 Å². The zero-order chi connectivity index (χ0) is 6.97. The van der Waals surface area contributed by atoms with Crippen molar-refractivity contribution < 1.29 is 0 Å². The molecule has 0 saturated heterocycles. The molecule has 0 aromatic carbocycles. The molecule has 0 fully saturated rings. The average Bonchev–Trinajstić information content (AvgIpc) is 2.27. The topological polar surface area (TPSA) is 30.7 Å². The lowest BCUT2D eigenvalue weighted by molar-refractivity contribution is 0.770. The van der Waals surface area contributed by atoms with Crippen LogP contribution in [0.15, 0.2) is 18.3 Å². The van der Waals surface area contributed by atoms with Gasteiger partial charge in [-0.05, 0) is 12.1 Å². The third-order valence-corrected chi connectivity index (χ3v) is 1.31. The molecular formula is C7H6N3. The Kier molecular flexibility index (Phi) is 0.974. The monoisotopic (exact) mass is 132 g/mol. The molecule has 0 atom stereocenters. The standard InChI is InChI=1S/C7H6N3/c1-10-5-6-3-2-4-8-7(6)9-10/h2-4H,1H3. The quantitative estimate of drug-likeness (QED) is 0.530. The maximum atomic E-state index is 4.06. The number of hydrogen-bond donors (Lipinski definition) is 0. The lowest BCUT2D eigenvalue weighted by atomic mass is 10.4. The zero-order valence-electron chi connectivity index (χ0n) is 5.57. The molecule has 2 aromatic heterocycles. The molecule has 0 aliphatic carbocycles. The first-order valence-electron chi connectivity index (χ1n) is 3.03. The Hall–Kier alpha value is -1.38. The molecule has 2 aromatic rings. The van der Waals surface area contributed by atoms with E-state index in [0.717, 1.165) is 11.0 Å². The molecule has 0 N–H and O–H groups in total. The molecule has 0 spiro atoms. The van der Waals surface area contributed by atoms with Crippen LogP contribution in [0.3, 0.4) is 0 Å². The molecule has 2 heterocycles. The van der Waals surface area contributed by atoms with Gasteiger partial charge in [-0.25, -0.2) is 4.98 Å². The summed E-state index contributed by atoms with van der Waals surface area (Å²) in [6.07, 6.45) is 4.73. The molecule has 3 nitrogen and oxygen atoms in total. The van der Waals surface area contributed by atoms with Crippen LogP contribution in [0.2, 0.25) is 0 Å². The third-order valence-electron chi connectivity index (χ3n) is 1.31. The van der Waals surface area contributed by atoms with Gasteiger partial charge in [0.25, 0.3) is 0 Å². The van der Waals surface area contributed by atoms with Gasteiger partial charge in [0.1, 0.15) is 0 Å². The van der Waals surface area contributed by atoms with Crippen molar-refractivity contribution in [3.63, 3.8) is 0 Å². The highest BCUT2D eigenvalue weighted by Gasteiger charge is 1.95. The van der Waals surface area contributed by atoms with Gasteiger partial charge in [-0.2, -0.15) is 5.10 Å². The van der Waals surface area contributed by atoms with Crippen LogP contribution in [0.1, 0.15) is 0 Å². The van der Waals surface area contributed by atoms with Gasteiger partial charge in [0.15, 0.2) is 5.65 Å². The highest BCUT2D eigenvalue weighted by Crippen LogP contribution is 2.04. The Balaban J connectivity index is 2.88. The van der Waals surface area contributed by atoms with Crippen molar-refractivity contribution in [2.24, 2.45) is 7.05 Å². The van der Waals surface area contributed by atoms with E-state index in [2.05, 4.69) is 16.3 Å². The average molecular weight is 132 g/mol. The van der Waals surface area contributed by atoms with E-state index in [1.807, 2.05) is 19.2 Å². The molecule has 0 amide bonds. The summed E-state index contributed by atoms with van der Waals surface area (Å²) in [6.45, 7) is 0. The summed E-state index contributed by atoms with van der Waals surface area (Å²) in [5, 5.41) is 5.03. The second-order valence-corrected chi connectivity index (χ2v) is 2.11. The van der Waals surface area contributed by atoms with Crippen molar-refractivity contribution in [3.8, 4) is 0 Å². The number of nitrogens with zero attached hydrogens (tertiary/aromatic N) is 3. The van der Waals surface area contributed by atoms with Crippen LogP contribution in [0.25, 0.3) is 11.0 Å². The number of hydrogen-bond acceptors (Lipinski definition) is 2. The second kappa shape index (κ2) is 1.80. The minimum Gasteiger partial charge on any atom is -0.264 e. The molecule has 0 bridgehead atoms. The van der Waals surface area contributed by atoms with Gasteiger partial charge in [0.2, 0.25) is 0 Å². The van der Waals surface area contributed by atoms with E-state index >= 15 is 0 Å². The summed E-state index contributed by atoms with van der Waals surface area (Å²) in [6, 6.07) is 3.82. The highest BCUT2D eigenvalue weighted by atomic mass is 15.3. The van der Waals surface area contributed by atoms with Crippen molar-refractivity contribution in [1.29, 1.82) is 0 Å². The van der Waals surface area contributed by atoms with Gasteiger partial charge in [0.05, 0.1) is 6.20 Å². The fraction of sp³-hybridized carbons (Fsp3) is 0.143. The third kappa shape index (κ3) is 0.673. The van der Waals surface area contributed by atoms with E-state index in [1.54, 1.807) is 10.9 Å². The van der Waals surface area contributed by atoms with Gasteiger partial charge in [-0.1, -0.05) is 0 Å². The smallest absolute Gasteiger partial charge is 0.181 e. The van der Waals surface area contributed by atoms with Crippen molar-refractivity contribution in [1.82, 2.24) is 14.8 Å². The summed E-state index contributed by atoms with van der Waals surface area (Å²) in [4.78, 5) is 4.04. The van der Waals surface area contributed by atoms with E-state index in [9.17, 15) is 0 Å². The minimum absolute atomic E-state index is 0.755. The first-order chi connectivity index (χ1) is 4.86. The maximum absolute atomic E-state index is 4.06. The normalized spacial score (nSPS) is 10.5. The zero-order valence-corrected chi connectivity index (χ0v) is 5.57. The molecule has 0 aliphatic heterocycles. The summed E-state index contributed by atoms with van der Waals surface area (Å²) in [5.41, 5.74) is 0.755. The Bertz CT molecular complexity index is 317. The number of fused-ring (bicyclic) bond motifs is 1. The van der Waals surface area contributed by atoms with E-state index in [1.165, 1.54) is 0 Å². The molecule has 0 saturated carbocycles. The van der Waals surface area contributed by atoms with Crippen LogP contribution >= 0.6 is 0 Å². The first kappa shape index (κ1) is 5.41. The van der Waals surface area contributed by atoms with Crippen molar-refractivity contribution >= 4 is 11.0 Å². The van der Waals surface area contributed by atoms with Crippen LogP contribution in [0.5, 0.6) is 0 Å². The Labute approximate surface area is 58.3 Å². The van der Waals surface area contributed by atoms with Gasteiger partial charge < -0.3 is 0 Å². The lowest BCUT2D eigenvalue weighted by Gasteiger charge is -1.79. The number of aromatic nitrogens is 3. The SMILES string of the molecule is Cn1[c]c2cccnc2n1. The summed E-state index contributed by atoms with van der Waals surface area (Å²) >= 11 is 0. The Morgan fingerprint density at radius 2 is 2.50 bits per heavy atom. The van der Waals surface area contributed by atoms with Gasteiger partial charge >= 0.3 is 0 Å². The first-order valence-corrected chi connectivity index (χ1v) is 3.03. The molecule has 1 radical (unpaired) electrons. The Morgan fingerprint density at radius 3 is 3.30 bits per heavy atom. The molecule has 10 heavy (non-hydrogen) atoms. The van der Waals surface area contributed by atoms with Crippen LogP contribution in [0.4, 0.5) is 0 Å². The van der Waals surface area contributed by atoms with Gasteiger partial charge in [0, 0.05) is 18.6 Å². The summed E-state index contributed by atoms with van der Waals surface area (Å²) in [7, 11) is 1.84. The molecule has 49 valence electrons. The van der Waals surface area contributed by atoms with Crippen LogP contribution in [0, 0.1) is 6.20 Å². The largest absolute Gasteiger partial charge is 0.264 e. The second-order valence-electron chi connectivity index (χ2n) is 2.11. The Morgan fingerprint density at radius 1 is 1.60 bits per heavy atom. The molecule has 0 unspecified atom stereocenters. The lowest BCUT2D eigenvalue weighted by Crippen LogP contribution is -1.86. The fourth-order valence-electron chi connectivity index (χ4n) is 0.905. The summed E-state index contributed by atoms with van der Waals surface area (Å²) in [5.74, 6) is 0. The predicted molar refractivity (Wildman–Crippen MR) is 37.3 cm³/mol. The van der Waals surface area contributed by atoms with Crippen molar-refractivity contribution in [2.45, 2.75) is 0 Å². The van der Waals surface area contributed by atoms with Gasteiger partial charge in [-0.3, -0.25) is 4.68 Å². The van der Waals surface area contributed by atoms with E-state index in [4.69, 9.17) is 0 Å².